The molecule has 120 valence electrons. The van der Waals surface area contributed by atoms with E-state index in [1.807, 2.05) is 12.1 Å². The fourth-order valence-electron chi connectivity index (χ4n) is 3.09. The zero-order valence-corrected chi connectivity index (χ0v) is 13.3. The van der Waals surface area contributed by atoms with Crippen molar-refractivity contribution in [1.82, 2.24) is 0 Å². The van der Waals surface area contributed by atoms with E-state index in [-0.39, 0.29) is 23.5 Å². The number of hydrogen-bond donors (Lipinski definition) is 1. The lowest BCUT2D eigenvalue weighted by Crippen LogP contribution is -2.23. The molecule has 0 radical (unpaired) electrons. The fourth-order valence-corrected chi connectivity index (χ4v) is 4.83. The summed E-state index contributed by atoms with van der Waals surface area (Å²) in [5.41, 5.74) is 0.657. The van der Waals surface area contributed by atoms with Gasteiger partial charge in [-0.2, -0.15) is 0 Å². The third kappa shape index (κ3) is 3.80. The lowest BCUT2D eigenvalue weighted by molar-refractivity contribution is -0.119. The Morgan fingerprint density at radius 1 is 1.18 bits per heavy atom. The first kappa shape index (κ1) is 15.3. The lowest BCUT2D eigenvalue weighted by atomic mass is 10.1. The number of nitrogens with one attached hydrogen (secondary N) is 1. The molecule has 1 saturated carbocycles. The summed E-state index contributed by atoms with van der Waals surface area (Å²) in [6.45, 7) is 0. The molecule has 1 saturated heterocycles. The van der Waals surface area contributed by atoms with E-state index < -0.39 is 15.8 Å². The van der Waals surface area contributed by atoms with Gasteiger partial charge in [-0.25, -0.2) is 8.42 Å². The summed E-state index contributed by atoms with van der Waals surface area (Å²) >= 11 is 0. The predicted molar refractivity (Wildman–Crippen MR) is 84.7 cm³/mol. The maximum atomic E-state index is 12.1. The Balaban J connectivity index is 1.61. The minimum Gasteiger partial charge on any atom is -0.490 e. The summed E-state index contributed by atoms with van der Waals surface area (Å²) < 4.78 is 28.8. The molecule has 22 heavy (non-hydrogen) atoms. The van der Waals surface area contributed by atoms with Crippen molar-refractivity contribution in [1.29, 1.82) is 0 Å². The third-order valence-corrected chi connectivity index (χ3v) is 6.08. The van der Waals surface area contributed by atoms with Crippen molar-refractivity contribution in [3.63, 3.8) is 0 Å². The second-order valence-corrected chi connectivity index (χ2v) is 8.37. The number of benzene rings is 1. The molecule has 1 N–H and O–H groups in total. The van der Waals surface area contributed by atoms with Crippen LogP contribution in [0.25, 0.3) is 0 Å². The zero-order chi connectivity index (χ0) is 15.6. The van der Waals surface area contributed by atoms with Crippen LogP contribution in [0, 0.1) is 5.92 Å². The molecule has 2 aliphatic rings. The Morgan fingerprint density at radius 2 is 1.95 bits per heavy atom. The molecule has 6 heteroatoms. The molecule has 0 spiro atoms. The smallest absolute Gasteiger partial charge is 0.228 e. The first-order valence-electron chi connectivity index (χ1n) is 7.80. The van der Waals surface area contributed by atoms with Crippen LogP contribution in [0.3, 0.4) is 0 Å². The van der Waals surface area contributed by atoms with Gasteiger partial charge in [0.25, 0.3) is 0 Å². The van der Waals surface area contributed by atoms with Crippen LogP contribution < -0.4 is 10.1 Å². The van der Waals surface area contributed by atoms with Crippen molar-refractivity contribution in [2.75, 3.05) is 16.8 Å². The van der Waals surface area contributed by atoms with Gasteiger partial charge in [0, 0.05) is 11.8 Å². The van der Waals surface area contributed by atoms with Gasteiger partial charge in [0.2, 0.25) is 5.91 Å². The normalized spacial score (nSPS) is 24.3. The third-order valence-electron chi connectivity index (χ3n) is 4.31. The van der Waals surface area contributed by atoms with Gasteiger partial charge in [0.05, 0.1) is 23.5 Å². The Labute approximate surface area is 131 Å². The average molecular weight is 323 g/mol. The molecule has 0 unspecified atom stereocenters. The minimum atomic E-state index is -3.04. The lowest BCUT2D eigenvalue weighted by Gasteiger charge is -2.15. The maximum Gasteiger partial charge on any atom is 0.228 e. The van der Waals surface area contributed by atoms with Crippen LogP contribution in [0.5, 0.6) is 5.75 Å². The number of anilines is 1. The van der Waals surface area contributed by atoms with E-state index in [1.165, 1.54) is 12.8 Å². The van der Waals surface area contributed by atoms with Crippen LogP contribution in [-0.4, -0.2) is 31.9 Å². The highest BCUT2D eigenvalue weighted by molar-refractivity contribution is 7.91. The van der Waals surface area contributed by atoms with E-state index in [4.69, 9.17) is 4.74 Å². The topological polar surface area (TPSA) is 72.5 Å². The number of rotatable bonds is 4. The quantitative estimate of drug-likeness (QED) is 0.923. The van der Waals surface area contributed by atoms with Gasteiger partial charge in [-0.3, -0.25) is 4.79 Å². The highest BCUT2D eigenvalue weighted by Gasteiger charge is 2.32. The number of carbonyl (C=O) groups excluding carboxylic acids is 1. The Bertz CT molecular complexity index is 650. The fraction of sp³-hybridized carbons (Fsp3) is 0.562. The van der Waals surface area contributed by atoms with Gasteiger partial charge < -0.3 is 10.1 Å². The molecule has 2 fully saturated rings. The van der Waals surface area contributed by atoms with E-state index in [9.17, 15) is 13.2 Å². The van der Waals surface area contributed by atoms with Crippen LogP contribution in [0.4, 0.5) is 5.69 Å². The van der Waals surface area contributed by atoms with Crippen LogP contribution in [0.1, 0.15) is 32.1 Å². The summed E-state index contributed by atoms with van der Waals surface area (Å²) in [6, 6.07) is 7.32. The number of sulfone groups is 1. The van der Waals surface area contributed by atoms with Gasteiger partial charge >= 0.3 is 0 Å². The highest BCUT2D eigenvalue weighted by atomic mass is 32.2. The van der Waals surface area contributed by atoms with E-state index in [2.05, 4.69) is 5.32 Å². The molecule has 0 aromatic heterocycles. The van der Waals surface area contributed by atoms with Gasteiger partial charge in [-0.05, 0) is 44.2 Å². The molecular formula is C16H21NO4S. The highest BCUT2D eigenvalue weighted by Crippen LogP contribution is 2.26. The Kier molecular flexibility index (Phi) is 4.38. The number of amides is 1. The van der Waals surface area contributed by atoms with Crippen molar-refractivity contribution >= 4 is 21.4 Å². The summed E-state index contributed by atoms with van der Waals surface area (Å²) in [7, 11) is -3.04. The average Bonchev–Trinajstić information content (AvgIpc) is 3.08. The molecule has 1 aliphatic carbocycles. The summed E-state index contributed by atoms with van der Waals surface area (Å²) in [4.78, 5) is 12.1. The van der Waals surface area contributed by atoms with Crippen molar-refractivity contribution < 1.29 is 17.9 Å². The van der Waals surface area contributed by atoms with Gasteiger partial charge in [0.15, 0.2) is 9.84 Å². The van der Waals surface area contributed by atoms with E-state index >= 15 is 0 Å². The minimum absolute atomic E-state index is 0.0445. The van der Waals surface area contributed by atoms with E-state index in [1.54, 1.807) is 12.1 Å². The number of ether oxygens (including phenoxy) is 1. The zero-order valence-electron chi connectivity index (χ0n) is 12.5. The second-order valence-electron chi connectivity index (χ2n) is 6.14. The molecule has 1 amide bonds. The molecular weight excluding hydrogens is 302 g/mol. The standard InChI is InChI=1S/C16H21NO4S/c18-16(12-8-9-22(19,20)11-12)17-13-4-3-7-15(10-13)21-14-5-1-2-6-14/h3-4,7,10,12,14H,1-2,5-6,8-9,11H2,(H,17,18)/t12-/m0/s1. The molecule has 3 rings (SSSR count). The molecule has 5 nitrogen and oxygen atoms in total. The number of hydrogen-bond acceptors (Lipinski definition) is 4. The largest absolute Gasteiger partial charge is 0.490 e. The molecule has 1 atom stereocenters. The van der Waals surface area contributed by atoms with Crippen molar-refractivity contribution in [2.24, 2.45) is 5.92 Å². The maximum absolute atomic E-state index is 12.1. The van der Waals surface area contributed by atoms with Crippen LogP contribution in [0.15, 0.2) is 24.3 Å². The predicted octanol–water partition coefficient (Wildman–Crippen LogP) is 2.38. The monoisotopic (exact) mass is 323 g/mol. The molecule has 0 bridgehead atoms. The summed E-state index contributed by atoms with van der Waals surface area (Å²) in [5, 5.41) is 2.80. The molecule has 1 aromatic carbocycles. The van der Waals surface area contributed by atoms with Crippen LogP contribution in [0.2, 0.25) is 0 Å². The van der Waals surface area contributed by atoms with Gasteiger partial charge in [-0.15, -0.1) is 0 Å². The van der Waals surface area contributed by atoms with Gasteiger partial charge in [0.1, 0.15) is 5.75 Å². The van der Waals surface area contributed by atoms with Gasteiger partial charge in [-0.1, -0.05) is 6.07 Å². The first-order valence-corrected chi connectivity index (χ1v) is 9.62. The van der Waals surface area contributed by atoms with Crippen molar-refractivity contribution in [3.05, 3.63) is 24.3 Å². The number of carbonyl (C=O) groups is 1. The van der Waals surface area contributed by atoms with Crippen LogP contribution >= 0.6 is 0 Å². The molecule has 1 aromatic rings. The summed E-state index contributed by atoms with van der Waals surface area (Å²) in [6.07, 6.45) is 5.25. The van der Waals surface area contributed by atoms with E-state index in [0.717, 1.165) is 18.6 Å². The Morgan fingerprint density at radius 3 is 2.64 bits per heavy atom. The first-order chi connectivity index (χ1) is 10.5. The van der Waals surface area contributed by atoms with Crippen molar-refractivity contribution in [2.45, 2.75) is 38.2 Å². The van der Waals surface area contributed by atoms with Crippen molar-refractivity contribution in [3.8, 4) is 5.75 Å². The second kappa shape index (κ2) is 6.28. The Hall–Kier alpha value is -1.56. The SMILES string of the molecule is O=C(Nc1cccc(OC2CCCC2)c1)[C@H]1CCS(=O)(=O)C1. The summed E-state index contributed by atoms with van der Waals surface area (Å²) in [5.74, 6) is 0.153. The van der Waals surface area contributed by atoms with Crippen LogP contribution in [-0.2, 0) is 14.6 Å². The van der Waals surface area contributed by atoms with E-state index in [0.29, 0.717) is 12.1 Å². The molecule has 1 heterocycles. The molecule has 1 aliphatic heterocycles.